The minimum Gasteiger partial charge on any atom is -0.476 e. The zero-order valence-electron chi connectivity index (χ0n) is 11.3. The molecule has 1 aliphatic heterocycles. The third-order valence-corrected chi connectivity index (χ3v) is 2.94. The second-order valence-corrected chi connectivity index (χ2v) is 6.28. The Morgan fingerprint density at radius 1 is 1.53 bits per heavy atom. The summed E-state index contributed by atoms with van der Waals surface area (Å²) in [6.07, 6.45) is 1.35. The smallest absolute Gasteiger partial charge is 0.410 e. The van der Waals surface area contributed by atoms with Crippen molar-refractivity contribution in [1.29, 1.82) is 0 Å². The van der Waals surface area contributed by atoms with Crippen LogP contribution in [0.1, 0.15) is 26.3 Å². The number of nitrogens with zero attached hydrogens (tertiary/aromatic N) is 2. The monoisotopic (exact) mass is 328 g/mol. The average Bonchev–Trinajstić information content (AvgIpc) is 2.48. The van der Waals surface area contributed by atoms with Gasteiger partial charge in [-0.3, -0.25) is 0 Å². The molecule has 1 aromatic heterocycles. The van der Waals surface area contributed by atoms with Crippen molar-refractivity contribution in [2.24, 2.45) is 0 Å². The van der Waals surface area contributed by atoms with Gasteiger partial charge in [0.15, 0.2) is 0 Å². The lowest BCUT2D eigenvalue weighted by Gasteiger charge is -2.25. The standard InChI is InChI=1S/C13H17BrN2O3/c1-13(2,3)19-12(17)16-4-5-18-11-9(8-16)6-10(14)7-15-11/h6-7H,4-5,8H2,1-3H3. The number of ether oxygens (including phenoxy) is 2. The molecule has 0 spiro atoms. The van der Waals surface area contributed by atoms with Crippen molar-refractivity contribution in [2.75, 3.05) is 13.2 Å². The summed E-state index contributed by atoms with van der Waals surface area (Å²) in [6, 6.07) is 1.91. The van der Waals surface area contributed by atoms with E-state index in [1.165, 1.54) is 0 Å². The number of carbonyl (C=O) groups is 1. The van der Waals surface area contributed by atoms with Crippen molar-refractivity contribution in [1.82, 2.24) is 9.88 Å². The average molecular weight is 329 g/mol. The number of amides is 1. The highest BCUT2D eigenvalue weighted by Crippen LogP contribution is 2.24. The first-order valence-electron chi connectivity index (χ1n) is 6.10. The molecule has 104 valence electrons. The Labute approximate surface area is 121 Å². The Kier molecular flexibility index (Phi) is 3.99. The second-order valence-electron chi connectivity index (χ2n) is 5.37. The van der Waals surface area contributed by atoms with Gasteiger partial charge in [-0.2, -0.15) is 0 Å². The van der Waals surface area contributed by atoms with E-state index in [1.807, 2.05) is 26.8 Å². The number of rotatable bonds is 0. The van der Waals surface area contributed by atoms with Crippen LogP contribution in [-0.2, 0) is 11.3 Å². The maximum Gasteiger partial charge on any atom is 0.410 e. The Balaban J connectivity index is 2.15. The van der Waals surface area contributed by atoms with E-state index >= 15 is 0 Å². The lowest BCUT2D eigenvalue weighted by Crippen LogP contribution is -2.37. The molecule has 5 nitrogen and oxygen atoms in total. The summed E-state index contributed by atoms with van der Waals surface area (Å²) in [6.45, 7) is 6.91. The predicted molar refractivity (Wildman–Crippen MR) is 74.1 cm³/mol. The molecule has 2 heterocycles. The molecule has 0 aromatic carbocycles. The van der Waals surface area contributed by atoms with Gasteiger partial charge in [-0.05, 0) is 42.8 Å². The van der Waals surface area contributed by atoms with E-state index in [1.54, 1.807) is 11.1 Å². The third kappa shape index (κ3) is 3.83. The van der Waals surface area contributed by atoms with E-state index < -0.39 is 5.60 Å². The third-order valence-electron chi connectivity index (χ3n) is 2.50. The van der Waals surface area contributed by atoms with Crippen molar-refractivity contribution in [3.8, 4) is 5.88 Å². The summed E-state index contributed by atoms with van der Waals surface area (Å²) in [7, 11) is 0. The first-order chi connectivity index (χ1) is 8.85. The minimum absolute atomic E-state index is 0.330. The molecule has 1 aromatic rings. The van der Waals surface area contributed by atoms with E-state index in [0.717, 1.165) is 10.0 Å². The van der Waals surface area contributed by atoms with Crippen LogP contribution < -0.4 is 4.74 Å². The lowest BCUT2D eigenvalue weighted by atomic mass is 10.2. The van der Waals surface area contributed by atoms with Crippen molar-refractivity contribution >= 4 is 22.0 Å². The molecule has 19 heavy (non-hydrogen) atoms. The fourth-order valence-electron chi connectivity index (χ4n) is 1.73. The van der Waals surface area contributed by atoms with Gasteiger partial charge in [-0.1, -0.05) is 0 Å². The number of halogens is 1. The van der Waals surface area contributed by atoms with Crippen LogP contribution >= 0.6 is 15.9 Å². The molecule has 1 aliphatic rings. The zero-order chi connectivity index (χ0) is 14.0. The fraction of sp³-hybridized carbons (Fsp3) is 0.538. The highest BCUT2D eigenvalue weighted by atomic mass is 79.9. The number of pyridine rings is 1. The number of fused-ring (bicyclic) bond motifs is 1. The first-order valence-corrected chi connectivity index (χ1v) is 6.89. The van der Waals surface area contributed by atoms with Crippen molar-refractivity contribution < 1.29 is 14.3 Å². The number of aromatic nitrogens is 1. The molecule has 0 fully saturated rings. The minimum atomic E-state index is -0.497. The van der Waals surface area contributed by atoms with E-state index in [0.29, 0.717) is 25.6 Å². The van der Waals surface area contributed by atoms with Gasteiger partial charge in [-0.25, -0.2) is 9.78 Å². The molecule has 0 radical (unpaired) electrons. The topological polar surface area (TPSA) is 51.7 Å². The van der Waals surface area contributed by atoms with E-state index in [4.69, 9.17) is 9.47 Å². The van der Waals surface area contributed by atoms with Crippen LogP contribution in [0.25, 0.3) is 0 Å². The van der Waals surface area contributed by atoms with Crippen molar-refractivity contribution in [2.45, 2.75) is 32.9 Å². The predicted octanol–water partition coefficient (Wildman–Crippen LogP) is 2.97. The molecular weight excluding hydrogens is 312 g/mol. The summed E-state index contributed by atoms with van der Waals surface area (Å²) in [5, 5.41) is 0. The summed E-state index contributed by atoms with van der Waals surface area (Å²) in [5.41, 5.74) is 0.375. The van der Waals surface area contributed by atoms with Gasteiger partial charge in [-0.15, -0.1) is 0 Å². The van der Waals surface area contributed by atoms with Gasteiger partial charge in [0.25, 0.3) is 0 Å². The van der Waals surface area contributed by atoms with Gasteiger partial charge in [0, 0.05) is 16.2 Å². The highest BCUT2D eigenvalue weighted by molar-refractivity contribution is 9.10. The molecule has 0 N–H and O–H groups in total. The Bertz CT molecular complexity index is 485. The molecular formula is C13H17BrN2O3. The lowest BCUT2D eigenvalue weighted by molar-refractivity contribution is 0.0225. The maximum absolute atomic E-state index is 12.1. The van der Waals surface area contributed by atoms with Gasteiger partial charge < -0.3 is 14.4 Å². The van der Waals surface area contributed by atoms with E-state index in [9.17, 15) is 4.79 Å². The van der Waals surface area contributed by atoms with Crippen LogP contribution in [0.3, 0.4) is 0 Å². The number of carbonyl (C=O) groups excluding carboxylic acids is 1. The molecule has 6 heteroatoms. The Hall–Kier alpha value is -1.30. The van der Waals surface area contributed by atoms with Crippen LogP contribution in [0.2, 0.25) is 0 Å². The van der Waals surface area contributed by atoms with E-state index in [2.05, 4.69) is 20.9 Å². The van der Waals surface area contributed by atoms with Gasteiger partial charge in [0.1, 0.15) is 12.2 Å². The summed E-state index contributed by atoms with van der Waals surface area (Å²) >= 11 is 3.37. The molecule has 0 saturated carbocycles. The zero-order valence-corrected chi connectivity index (χ0v) is 12.9. The van der Waals surface area contributed by atoms with Crippen LogP contribution in [0, 0.1) is 0 Å². The molecule has 0 saturated heterocycles. The maximum atomic E-state index is 12.1. The SMILES string of the molecule is CC(C)(C)OC(=O)N1CCOc2ncc(Br)cc2C1. The largest absolute Gasteiger partial charge is 0.476 e. The summed E-state index contributed by atoms with van der Waals surface area (Å²) < 4.78 is 11.8. The Morgan fingerprint density at radius 3 is 2.95 bits per heavy atom. The normalized spacial score (nSPS) is 15.3. The number of hydrogen-bond acceptors (Lipinski definition) is 4. The molecule has 0 aliphatic carbocycles. The molecule has 2 rings (SSSR count). The fourth-order valence-corrected chi connectivity index (χ4v) is 2.11. The van der Waals surface area contributed by atoms with Crippen LogP contribution in [0.5, 0.6) is 5.88 Å². The van der Waals surface area contributed by atoms with Crippen LogP contribution in [0.15, 0.2) is 16.7 Å². The van der Waals surface area contributed by atoms with Crippen molar-refractivity contribution in [3.05, 3.63) is 22.3 Å². The van der Waals surface area contributed by atoms with Gasteiger partial charge in [0.05, 0.1) is 13.1 Å². The first kappa shape index (κ1) is 14.1. The molecule has 1 amide bonds. The molecule has 0 unspecified atom stereocenters. The van der Waals surface area contributed by atoms with Crippen LogP contribution in [-0.4, -0.2) is 34.7 Å². The van der Waals surface area contributed by atoms with E-state index in [-0.39, 0.29) is 6.09 Å². The second kappa shape index (κ2) is 5.36. The molecule has 0 bridgehead atoms. The van der Waals surface area contributed by atoms with Gasteiger partial charge in [0.2, 0.25) is 5.88 Å². The van der Waals surface area contributed by atoms with Gasteiger partial charge >= 0.3 is 6.09 Å². The quantitative estimate of drug-likeness (QED) is 0.734. The summed E-state index contributed by atoms with van der Waals surface area (Å²) in [5.74, 6) is 0.578. The number of hydrogen-bond donors (Lipinski definition) is 0. The molecule has 0 atom stereocenters. The highest BCUT2D eigenvalue weighted by Gasteiger charge is 2.25. The van der Waals surface area contributed by atoms with Crippen LogP contribution in [0.4, 0.5) is 4.79 Å². The van der Waals surface area contributed by atoms with Crippen molar-refractivity contribution in [3.63, 3.8) is 0 Å². The summed E-state index contributed by atoms with van der Waals surface area (Å²) in [4.78, 5) is 17.9. The Morgan fingerprint density at radius 2 is 2.26 bits per heavy atom.